The molecule has 51 heavy (non-hydrogen) atoms. The van der Waals surface area contributed by atoms with Crippen molar-refractivity contribution in [3.05, 3.63) is 74.4 Å². The van der Waals surface area contributed by atoms with Crippen LogP contribution in [-0.2, 0) is 28.7 Å². The number of nitrogens with one attached hydrogen (secondary N) is 1. The molecule has 0 aliphatic carbocycles. The third-order valence-electron chi connectivity index (χ3n) is 9.30. The Hall–Kier alpha value is -5.03. The number of carbonyl (C=O) groups excluding carboxylic acids is 2. The van der Waals surface area contributed by atoms with Crippen molar-refractivity contribution >= 4 is 46.1 Å². The molecule has 0 spiro atoms. The summed E-state index contributed by atoms with van der Waals surface area (Å²) in [5, 5.41) is 17.4. The third-order valence-corrected chi connectivity index (χ3v) is 9.62. The van der Waals surface area contributed by atoms with Crippen molar-refractivity contribution in [2.45, 2.75) is 65.3 Å². The highest BCUT2D eigenvalue weighted by molar-refractivity contribution is 6.33. The molecule has 2 aliphatic rings. The van der Waals surface area contributed by atoms with Gasteiger partial charge in [0.25, 0.3) is 11.5 Å². The number of fused-ring (bicyclic) bond motifs is 1. The number of carbonyl (C=O) groups is 2. The molecule has 0 bridgehead atoms. The SMILES string of the molecule is CCc1c(N2CCN(C(=O)c3ncnc(C)c3O)[C@H](C)[C@@H]2C)c(=O)n2nc(C3=CCOCC3)nc2n1CC(=O)Nc1ccc(C(F)(F)F)cc1Cl. The zero-order chi connectivity index (χ0) is 36.8. The van der Waals surface area contributed by atoms with Crippen LogP contribution in [0.3, 0.4) is 0 Å². The van der Waals surface area contributed by atoms with Gasteiger partial charge in [-0.3, -0.25) is 14.4 Å². The lowest BCUT2D eigenvalue weighted by Crippen LogP contribution is -2.60. The molecule has 0 radical (unpaired) electrons. The van der Waals surface area contributed by atoms with E-state index in [2.05, 4.69) is 25.4 Å². The molecule has 1 saturated heterocycles. The summed E-state index contributed by atoms with van der Waals surface area (Å²) in [7, 11) is 0. The monoisotopic (exact) mass is 729 g/mol. The van der Waals surface area contributed by atoms with Crippen molar-refractivity contribution in [1.29, 1.82) is 0 Å². The molecular weight excluding hydrogens is 695 g/mol. The molecule has 270 valence electrons. The zero-order valence-corrected chi connectivity index (χ0v) is 28.9. The second-order valence-corrected chi connectivity index (χ2v) is 12.7. The van der Waals surface area contributed by atoms with Gasteiger partial charge in [0.1, 0.15) is 18.6 Å². The van der Waals surface area contributed by atoms with Gasteiger partial charge in [-0.05, 0) is 57.4 Å². The minimum absolute atomic E-state index is 0.0207. The largest absolute Gasteiger partial charge is 0.504 e. The highest BCUT2D eigenvalue weighted by Gasteiger charge is 2.38. The van der Waals surface area contributed by atoms with E-state index in [1.165, 1.54) is 6.33 Å². The molecule has 4 aromatic rings. The van der Waals surface area contributed by atoms with E-state index in [-0.39, 0.29) is 65.4 Å². The van der Waals surface area contributed by atoms with Crippen LogP contribution >= 0.6 is 11.6 Å². The molecule has 1 aromatic carbocycles. The number of aromatic hydroxyl groups is 1. The molecule has 0 saturated carbocycles. The molecule has 3 aromatic heterocycles. The Bertz CT molecular complexity index is 2120. The fourth-order valence-corrected chi connectivity index (χ4v) is 6.63. The summed E-state index contributed by atoms with van der Waals surface area (Å²) in [6.07, 6.45) is -0.789. The van der Waals surface area contributed by atoms with Gasteiger partial charge in [0, 0.05) is 25.2 Å². The number of amides is 2. The number of nitrogens with zero attached hydrogens (tertiary/aromatic N) is 8. The number of aryl methyl sites for hydroxylation is 1. The summed E-state index contributed by atoms with van der Waals surface area (Å²) >= 11 is 6.13. The normalized spacial score (nSPS) is 18.2. The van der Waals surface area contributed by atoms with Crippen LogP contribution < -0.4 is 15.8 Å². The van der Waals surface area contributed by atoms with Crippen LogP contribution in [0.2, 0.25) is 5.02 Å². The van der Waals surface area contributed by atoms with Crippen molar-refractivity contribution in [3.8, 4) is 5.75 Å². The fourth-order valence-electron chi connectivity index (χ4n) is 6.40. The van der Waals surface area contributed by atoms with Crippen LogP contribution in [0.4, 0.5) is 24.5 Å². The highest BCUT2D eigenvalue weighted by Crippen LogP contribution is 2.34. The Balaban J connectivity index is 1.40. The first-order valence-electron chi connectivity index (χ1n) is 16.3. The minimum Gasteiger partial charge on any atom is -0.504 e. The number of ether oxygens (including phenoxy) is 1. The van der Waals surface area contributed by atoms with Gasteiger partial charge < -0.3 is 29.5 Å². The second kappa shape index (κ2) is 13.9. The molecule has 2 atom stereocenters. The molecule has 14 nitrogen and oxygen atoms in total. The van der Waals surface area contributed by atoms with Gasteiger partial charge in [0.2, 0.25) is 11.7 Å². The molecule has 2 N–H and O–H groups in total. The van der Waals surface area contributed by atoms with E-state index < -0.39 is 41.2 Å². The summed E-state index contributed by atoms with van der Waals surface area (Å²) in [4.78, 5) is 57.6. The highest BCUT2D eigenvalue weighted by atomic mass is 35.5. The number of hydrogen-bond acceptors (Lipinski definition) is 10. The lowest BCUT2D eigenvalue weighted by molar-refractivity contribution is -0.137. The number of aromatic nitrogens is 6. The molecule has 18 heteroatoms. The smallest absolute Gasteiger partial charge is 0.416 e. The standard InChI is InChI=1S/C33H35ClF3N9O5/c1-5-24-27(43-10-11-44(19(4)18(43)3)30(49)26-28(48)17(2)38-16-39-26)31(50)46-32(41-29(42-46)20-8-12-51-13-9-20)45(24)15-25(47)40-23-7-6-21(14-22(23)34)33(35,36)37/h6-8,14,16,18-19,48H,5,9-13,15H2,1-4H3,(H,40,47)/t18-,19+/m0/s1. The van der Waals surface area contributed by atoms with E-state index in [1.54, 1.807) is 16.4 Å². The van der Waals surface area contributed by atoms with Gasteiger partial charge in [-0.2, -0.15) is 22.7 Å². The average molecular weight is 730 g/mol. The van der Waals surface area contributed by atoms with Crippen molar-refractivity contribution in [2.24, 2.45) is 0 Å². The number of halogens is 4. The summed E-state index contributed by atoms with van der Waals surface area (Å²) in [6.45, 7) is 7.88. The molecule has 1 fully saturated rings. The number of alkyl halides is 3. The minimum atomic E-state index is -4.62. The predicted molar refractivity (Wildman–Crippen MR) is 181 cm³/mol. The maximum Gasteiger partial charge on any atom is 0.416 e. The van der Waals surface area contributed by atoms with Crippen LogP contribution in [-0.4, -0.2) is 89.3 Å². The van der Waals surface area contributed by atoms with Crippen molar-refractivity contribution in [3.63, 3.8) is 0 Å². The lowest BCUT2D eigenvalue weighted by Gasteiger charge is -2.46. The summed E-state index contributed by atoms with van der Waals surface area (Å²) < 4.78 is 47.8. The van der Waals surface area contributed by atoms with Gasteiger partial charge >= 0.3 is 6.18 Å². The molecular formula is C33H35ClF3N9O5. The van der Waals surface area contributed by atoms with Gasteiger partial charge in [-0.1, -0.05) is 24.6 Å². The van der Waals surface area contributed by atoms with E-state index in [1.807, 2.05) is 31.7 Å². The van der Waals surface area contributed by atoms with Gasteiger partial charge in [-0.25, -0.2) is 9.97 Å². The van der Waals surface area contributed by atoms with Gasteiger partial charge in [0.05, 0.1) is 40.9 Å². The van der Waals surface area contributed by atoms with Crippen molar-refractivity contribution < 1.29 is 32.6 Å². The van der Waals surface area contributed by atoms with Gasteiger partial charge in [0.15, 0.2) is 17.3 Å². The first-order valence-corrected chi connectivity index (χ1v) is 16.6. The molecule has 0 unspecified atom stereocenters. The molecule has 2 aliphatic heterocycles. The first kappa shape index (κ1) is 35.8. The number of hydrogen-bond donors (Lipinski definition) is 2. The fraction of sp³-hybridized carbons (Fsp3) is 0.424. The lowest BCUT2D eigenvalue weighted by atomic mass is 10.0. The van der Waals surface area contributed by atoms with Gasteiger partial charge in [-0.15, -0.1) is 5.10 Å². The summed E-state index contributed by atoms with van der Waals surface area (Å²) in [5.74, 6) is -1.02. The van der Waals surface area contributed by atoms with E-state index in [0.29, 0.717) is 31.2 Å². The van der Waals surface area contributed by atoms with Crippen molar-refractivity contribution in [2.75, 3.05) is 36.5 Å². The second-order valence-electron chi connectivity index (χ2n) is 12.3. The Morgan fingerprint density at radius 3 is 2.59 bits per heavy atom. The summed E-state index contributed by atoms with van der Waals surface area (Å²) in [6, 6.07) is 1.74. The number of benzene rings is 1. The van der Waals surface area contributed by atoms with E-state index >= 15 is 0 Å². The van der Waals surface area contributed by atoms with Crippen LogP contribution in [0.15, 0.2) is 35.4 Å². The Kier molecular flexibility index (Phi) is 9.78. The molecule has 2 amide bonds. The van der Waals surface area contributed by atoms with Crippen LogP contribution in [0.5, 0.6) is 5.75 Å². The number of piperazine rings is 1. The zero-order valence-electron chi connectivity index (χ0n) is 28.2. The maximum atomic E-state index is 14.4. The average Bonchev–Trinajstić information content (AvgIpc) is 3.55. The molecule has 5 heterocycles. The maximum absolute atomic E-state index is 14.4. The Morgan fingerprint density at radius 1 is 1.16 bits per heavy atom. The van der Waals surface area contributed by atoms with E-state index in [9.17, 15) is 32.7 Å². The molecule has 6 rings (SSSR count). The summed E-state index contributed by atoms with van der Waals surface area (Å²) in [5.41, 5.74) is 0.185. The topological polar surface area (TPSA) is 160 Å². The predicted octanol–water partition coefficient (Wildman–Crippen LogP) is 4.11. The van der Waals surface area contributed by atoms with Crippen LogP contribution in [0.1, 0.15) is 60.5 Å². The first-order chi connectivity index (χ1) is 24.2. The van der Waals surface area contributed by atoms with Crippen molar-refractivity contribution in [1.82, 2.24) is 34.0 Å². The van der Waals surface area contributed by atoms with Crippen LogP contribution in [0.25, 0.3) is 11.4 Å². The van der Waals surface area contributed by atoms with E-state index in [4.69, 9.17) is 16.3 Å². The Labute approximate surface area is 294 Å². The van der Waals surface area contributed by atoms with Crippen LogP contribution in [0, 0.1) is 6.92 Å². The number of rotatable bonds is 7. The Morgan fingerprint density at radius 2 is 1.92 bits per heavy atom. The third kappa shape index (κ3) is 6.74. The quantitative estimate of drug-likeness (QED) is 0.284. The van der Waals surface area contributed by atoms with E-state index in [0.717, 1.165) is 28.3 Å². The number of anilines is 2.